The van der Waals surface area contributed by atoms with Gasteiger partial charge in [0.15, 0.2) is 17.3 Å². The molecule has 0 saturated heterocycles. The number of amides is 1. The van der Waals surface area contributed by atoms with Crippen molar-refractivity contribution in [2.45, 2.75) is 4.90 Å². The molecule has 0 atom stereocenters. The van der Waals surface area contributed by atoms with E-state index in [1.165, 1.54) is 69.0 Å². The maximum Gasteiger partial charge on any atom is 0.339 e. The standard InChI is InChI=1S/C19H17NO7S/c1-24-16-10-9-15(12-18(16)25-2)28(22,23)27-14-7-5-13(6-8-14)20-19(21)17-4-3-11-26-17/h3-12H,1-2H3,(H,20,21). The van der Waals surface area contributed by atoms with E-state index in [2.05, 4.69) is 5.32 Å². The van der Waals surface area contributed by atoms with Gasteiger partial charge >= 0.3 is 10.1 Å². The number of rotatable bonds is 7. The van der Waals surface area contributed by atoms with Gasteiger partial charge in [-0.25, -0.2) is 0 Å². The van der Waals surface area contributed by atoms with Crippen molar-refractivity contribution in [1.29, 1.82) is 0 Å². The quantitative estimate of drug-likeness (QED) is 0.604. The molecular weight excluding hydrogens is 386 g/mol. The predicted octanol–water partition coefficient (Wildman–Crippen LogP) is 3.32. The Hall–Kier alpha value is -3.46. The first-order chi connectivity index (χ1) is 13.4. The number of furan rings is 1. The van der Waals surface area contributed by atoms with Crippen LogP contribution in [0.15, 0.2) is 70.2 Å². The zero-order chi connectivity index (χ0) is 20.1. The molecule has 0 spiro atoms. The molecule has 3 aromatic rings. The van der Waals surface area contributed by atoms with Crippen LogP contribution in [0.25, 0.3) is 0 Å². The highest BCUT2D eigenvalue weighted by molar-refractivity contribution is 7.87. The average Bonchev–Trinajstić information content (AvgIpc) is 3.23. The maximum absolute atomic E-state index is 12.5. The first kappa shape index (κ1) is 19.3. The number of anilines is 1. The third-order valence-corrected chi connectivity index (χ3v) is 4.95. The van der Waals surface area contributed by atoms with Crippen molar-refractivity contribution in [2.24, 2.45) is 0 Å². The van der Waals surface area contributed by atoms with Gasteiger partial charge in [0.1, 0.15) is 10.6 Å². The van der Waals surface area contributed by atoms with Crippen molar-refractivity contribution in [2.75, 3.05) is 19.5 Å². The minimum Gasteiger partial charge on any atom is -0.493 e. The van der Waals surface area contributed by atoms with E-state index in [4.69, 9.17) is 18.1 Å². The summed E-state index contributed by atoms with van der Waals surface area (Å²) < 4.78 is 45.3. The van der Waals surface area contributed by atoms with Gasteiger partial charge in [-0.05, 0) is 48.5 Å². The highest BCUT2D eigenvalue weighted by atomic mass is 32.2. The zero-order valence-electron chi connectivity index (χ0n) is 15.0. The van der Waals surface area contributed by atoms with Gasteiger partial charge in [0.25, 0.3) is 5.91 Å². The van der Waals surface area contributed by atoms with Crippen LogP contribution in [0.5, 0.6) is 17.2 Å². The number of methoxy groups -OCH3 is 2. The Morgan fingerprint density at radius 3 is 2.29 bits per heavy atom. The molecule has 0 radical (unpaired) electrons. The fourth-order valence-electron chi connectivity index (χ4n) is 2.34. The minimum atomic E-state index is -4.08. The number of ether oxygens (including phenoxy) is 2. The zero-order valence-corrected chi connectivity index (χ0v) is 15.9. The topological polar surface area (TPSA) is 104 Å². The monoisotopic (exact) mass is 403 g/mol. The van der Waals surface area contributed by atoms with Crippen LogP contribution >= 0.6 is 0 Å². The van der Waals surface area contributed by atoms with Crippen LogP contribution in [0.1, 0.15) is 10.6 Å². The van der Waals surface area contributed by atoms with E-state index in [0.717, 1.165) is 0 Å². The lowest BCUT2D eigenvalue weighted by Gasteiger charge is -2.11. The van der Waals surface area contributed by atoms with Crippen LogP contribution < -0.4 is 19.0 Å². The van der Waals surface area contributed by atoms with E-state index in [1.54, 1.807) is 6.07 Å². The third-order valence-electron chi connectivity index (χ3n) is 3.71. The summed E-state index contributed by atoms with van der Waals surface area (Å²) in [6, 6.07) is 13.2. The fourth-order valence-corrected chi connectivity index (χ4v) is 3.29. The first-order valence-corrected chi connectivity index (χ1v) is 9.45. The lowest BCUT2D eigenvalue weighted by atomic mass is 10.3. The van der Waals surface area contributed by atoms with Gasteiger partial charge in [-0.1, -0.05) is 0 Å². The average molecular weight is 403 g/mol. The van der Waals surface area contributed by atoms with Gasteiger partial charge in [0.2, 0.25) is 0 Å². The van der Waals surface area contributed by atoms with Crippen LogP contribution in [-0.4, -0.2) is 28.5 Å². The van der Waals surface area contributed by atoms with E-state index in [-0.39, 0.29) is 22.2 Å². The molecule has 28 heavy (non-hydrogen) atoms. The Bertz CT molecular complexity index is 1060. The van der Waals surface area contributed by atoms with Crippen LogP contribution in [0.4, 0.5) is 5.69 Å². The SMILES string of the molecule is COc1ccc(S(=O)(=O)Oc2ccc(NC(=O)c3ccco3)cc2)cc1OC. The summed E-state index contributed by atoms with van der Waals surface area (Å²) in [6.45, 7) is 0. The number of hydrogen-bond acceptors (Lipinski definition) is 7. The summed E-state index contributed by atoms with van der Waals surface area (Å²) in [5, 5.41) is 2.63. The lowest BCUT2D eigenvalue weighted by molar-refractivity contribution is 0.0996. The molecule has 0 aliphatic heterocycles. The van der Waals surface area contributed by atoms with Crippen molar-refractivity contribution in [3.63, 3.8) is 0 Å². The maximum atomic E-state index is 12.5. The first-order valence-electron chi connectivity index (χ1n) is 8.04. The van der Waals surface area contributed by atoms with Crippen molar-refractivity contribution in [3.05, 3.63) is 66.6 Å². The Labute approximate surface area is 161 Å². The van der Waals surface area contributed by atoms with Gasteiger partial charge < -0.3 is 23.4 Å². The molecule has 0 bridgehead atoms. The lowest BCUT2D eigenvalue weighted by Crippen LogP contribution is -2.11. The Kier molecular flexibility index (Phi) is 5.55. The van der Waals surface area contributed by atoms with Crippen molar-refractivity contribution >= 4 is 21.7 Å². The summed E-state index contributed by atoms with van der Waals surface area (Å²) >= 11 is 0. The molecule has 0 aliphatic rings. The summed E-state index contributed by atoms with van der Waals surface area (Å²) in [6.07, 6.45) is 1.39. The molecule has 1 heterocycles. The number of carbonyl (C=O) groups is 1. The van der Waals surface area contributed by atoms with E-state index in [9.17, 15) is 13.2 Å². The molecule has 1 amide bonds. The van der Waals surface area contributed by atoms with E-state index < -0.39 is 16.0 Å². The number of nitrogens with one attached hydrogen (secondary N) is 1. The van der Waals surface area contributed by atoms with Crippen molar-refractivity contribution in [1.82, 2.24) is 0 Å². The third kappa shape index (κ3) is 4.26. The molecule has 0 aliphatic carbocycles. The Morgan fingerprint density at radius 1 is 0.964 bits per heavy atom. The van der Waals surface area contributed by atoms with E-state index >= 15 is 0 Å². The molecule has 0 saturated carbocycles. The molecule has 1 aromatic heterocycles. The highest BCUT2D eigenvalue weighted by Crippen LogP contribution is 2.30. The summed E-state index contributed by atoms with van der Waals surface area (Å²) in [5.41, 5.74) is 0.456. The normalized spacial score (nSPS) is 10.9. The second-order valence-corrected chi connectivity index (χ2v) is 7.06. The second-order valence-electron chi connectivity index (χ2n) is 5.51. The van der Waals surface area contributed by atoms with Gasteiger partial charge in [-0.15, -0.1) is 0 Å². The predicted molar refractivity (Wildman–Crippen MR) is 100 cm³/mol. The van der Waals surface area contributed by atoms with Crippen molar-refractivity contribution < 1.29 is 31.3 Å². The minimum absolute atomic E-state index is 0.0830. The molecule has 0 unspecified atom stereocenters. The Morgan fingerprint density at radius 2 is 1.68 bits per heavy atom. The molecule has 0 fully saturated rings. The number of benzene rings is 2. The second kappa shape index (κ2) is 8.05. The van der Waals surface area contributed by atoms with E-state index in [0.29, 0.717) is 11.4 Å². The largest absolute Gasteiger partial charge is 0.493 e. The van der Waals surface area contributed by atoms with Crippen LogP contribution in [0.3, 0.4) is 0 Å². The van der Waals surface area contributed by atoms with Gasteiger partial charge in [-0.2, -0.15) is 8.42 Å². The molecule has 2 aromatic carbocycles. The smallest absolute Gasteiger partial charge is 0.339 e. The molecule has 3 rings (SSSR count). The molecule has 8 nitrogen and oxygen atoms in total. The van der Waals surface area contributed by atoms with Gasteiger partial charge in [0, 0.05) is 11.8 Å². The van der Waals surface area contributed by atoms with Crippen LogP contribution in [0, 0.1) is 0 Å². The molecule has 1 N–H and O–H groups in total. The van der Waals surface area contributed by atoms with Gasteiger partial charge in [-0.3, -0.25) is 4.79 Å². The summed E-state index contributed by atoms with van der Waals surface area (Å²) in [5.74, 6) is 0.500. The highest BCUT2D eigenvalue weighted by Gasteiger charge is 2.19. The Balaban J connectivity index is 1.73. The van der Waals surface area contributed by atoms with Gasteiger partial charge in [0.05, 0.1) is 20.5 Å². The van der Waals surface area contributed by atoms with Crippen LogP contribution in [-0.2, 0) is 10.1 Å². The van der Waals surface area contributed by atoms with Crippen molar-refractivity contribution in [3.8, 4) is 17.2 Å². The molecule has 9 heteroatoms. The van der Waals surface area contributed by atoms with E-state index in [1.807, 2.05) is 0 Å². The molecular formula is C19H17NO7S. The number of carbonyl (C=O) groups excluding carboxylic acids is 1. The van der Waals surface area contributed by atoms with Crippen LogP contribution in [0.2, 0.25) is 0 Å². The fraction of sp³-hybridized carbons (Fsp3) is 0.105. The molecule has 146 valence electrons. The number of hydrogen-bond donors (Lipinski definition) is 1. The summed E-state index contributed by atoms with van der Waals surface area (Å²) in [4.78, 5) is 11.8. The summed E-state index contributed by atoms with van der Waals surface area (Å²) in [7, 11) is -1.22.